The molecule has 0 aliphatic heterocycles. The van der Waals surface area contributed by atoms with Gasteiger partial charge in [-0.25, -0.2) is 9.37 Å². The monoisotopic (exact) mass is 338 g/mol. The van der Waals surface area contributed by atoms with Crippen LogP contribution in [0.3, 0.4) is 0 Å². The summed E-state index contributed by atoms with van der Waals surface area (Å²) >= 11 is 3.20. The molecule has 104 valence electrons. The lowest BCUT2D eigenvalue weighted by Gasteiger charge is -2.08. The summed E-state index contributed by atoms with van der Waals surface area (Å²) in [5.74, 6) is -0.738. The van der Waals surface area contributed by atoms with Crippen molar-refractivity contribution in [1.29, 1.82) is 0 Å². The van der Waals surface area contributed by atoms with Gasteiger partial charge >= 0.3 is 0 Å². The predicted molar refractivity (Wildman–Crippen MR) is 75.4 cm³/mol. The normalized spacial score (nSPS) is 10.3. The number of benzene rings is 1. The minimum atomic E-state index is -0.461. The van der Waals surface area contributed by atoms with Gasteiger partial charge in [0, 0.05) is 18.3 Å². The third-order valence-electron chi connectivity index (χ3n) is 2.74. The van der Waals surface area contributed by atoms with Gasteiger partial charge in [0.15, 0.2) is 0 Å². The van der Waals surface area contributed by atoms with Crippen LogP contribution in [0.25, 0.3) is 0 Å². The van der Waals surface area contributed by atoms with Crippen LogP contribution < -0.4 is 5.32 Å². The smallest absolute Gasteiger partial charge is 0.254 e. The summed E-state index contributed by atoms with van der Waals surface area (Å²) in [5.41, 5.74) is 1.35. The molecule has 2 aromatic rings. The van der Waals surface area contributed by atoms with Gasteiger partial charge < -0.3 is 10.4 Å². The first-order valence-electron chi connectivity index (χ1n) is 5.88. The fourth-order valence-electron chi connectivity index (χ4n) is 1.69. The van der Waals surface area contributed by atoms with E-state index >= 15 is 0 Å². The molecule has 2 rings (SSSR count). The molecule has 0 bridgehead atoms. The molecule has 1 amide bonds. The molecule has 0 aliphatic rings. The molecule has 1 aromatic carbocycles. The number of halogens is 2. The van der Waals surface area contributed by atoms with Crippen LogP contribution in [0.15, 0.2) is 41.1 Å². The second-order valence-corrected chi connectivity index (χ2v) is 4.86. The first kappa shape index (κ1) is 14.6. The SMILES string of the molecule is O=C(NCc1ccc(F)c(CO)c1)c1cccnc1Br. The van der Waals surface area contributed by atoms with E-state index in [1.54, 1.807) is 24.4 Å². The number of aromatic nitrogens is 1. The average molecular weight is 339 g/mol. The van der Waals surface area contributed by atoms with E-state index in [-0.39, 0.29) is 24.6 Å². The zero-order valence-electron chi connectivity index (χ0n) is 10.4. The number of nitrogens with one attached hydrogen (secondary N) is 1. The summed E-state index contributed by atoms with van der Waals surface area (Å²) in [4.78, 5) is 15.9. The van der Waals surface area contributed by atoms with E-state index in [0.29, 0.717) is 15.7 Å². The number of hydrogen-bond acceptors (Lipinski definition) is 3. The van der Waals surface area contributed by atoms with Gasteiger partial charge in [0.2, 0.25) is 0 Å². The van der Waals surface area contributed by atoms with Crippen molar-refractivity contribution in [3.63, 3.8) is 0 Å². The van der Waals surface area contributed by atoms with E-state index in [1.807, 2.05) is 0 Å². The second kappa shape index (κ2) is 6.58. The maximum atomic E-state index is 13.2. The summed E-state index contributed by atoms with van der Waals surface area (Å²) in [6, 6.07) is 7.67. The van der Waals surface area contributed by atoms with Gasteiger partial charge in [-0.3, -0.25) is 4.79 Å². The lowest BCUT2D eigenvalue weighted by Crippen LogP contribution is -2.23. The Labute approximate surface area is 123 Å². The molecule has 2 N–H and O–H groups in total. The summed E-state index contributed by atoms with van der Waals surface area (Å²) < 4.78 is 13.7. The highest BCUT2D eigenvalue weighted by Gasteiger charge is 2.10. The van der Waals surface area contributed by atoms with Crippen LogP contribution in [0.4, 0.5) is 4.39 Å². The molecule has 1 aromatic heterocycles. The number of carbonyl (C=O) groups is 1. The van der Waals surface area contributed by atoms with Gasteiger partial charge in [0.05, 0.1) is 12.2 Å². The molecular formula is C14H12BrFN2O2. The number of pyridine rings is 1. The third-order valence-corrected chi connectivity index (χ3v) is 3.37. The largest absolute Gasteiger partial charge is 0.392 e. The van der Waals surface area contributed by atoms with Crippen LogP contribution in [0.2, 0.25) is 0 Å². The van der Waals surface area contributed by atoms with Crippen molar-refractivity contribution in [3.8, 4) is 0 Å². The predicted octanol–water partition coefficient (Wildman–Crippen LogP) is 2.41. The quantitative estimate of drug-likeness (QED) is 0.841. The Hall–Kier alpha value is -1.79. The second-order valence-electron chi connectivity index (χ2n) is 4.11. The molecule has 1 heterocycles. The standard InChI is InChI=1S/C14H12BrFN2O2/c15-13-11(2-1-5-17-13)14(20)18-7-9-3-4-12(16)10(6-9)8-19/h1-6,19H,7-8H2,(H,18,20). The van der Waals surface area contributed by atoms with E-state index in [4.69, 9.17) is 5.11 Å². The first-order valence-corrected chi connectivity index (χ1v) is 6.68. The molecule has 0 unspecified atom stereocenters. The molecule has 20 heavy (non-hydrogen) atoms. The number of carbonyl (C=O) groups excluding carboxylic acids is 1. The van der Waals surface area contributed by atoms with Gasteiger partial charge in [-0.1, -0.05) is 6.07 Å². The minimum Gasteiger partial charge on any atom is -0.392 e. The molecule has 0 aliphatic carbocycles. The van der Waals surface area contributed by atoms with Crippen LogP contribution >= 0.6 is 15.9 Å². The summed E-state index contributed by atoms with van der Waals surface area (Å²) in [6.07, 6.45) is 1.58. The molecule has 0 fully saturated rings. The van der Waals surface area contributed by atoms with Gasteiger partial charge in [-0.05, 0) is 45.8 Å². The van der Waals surface area contributed by atoms with Gasteiger partial charge in [0.25, 0.3) is 5.91 Å². The van der Waals surface area contributed by atoms with Gasteiger partial charge in [-0.15, -0.1) is 0 Å². The molecular weight excluding hydrogens is 327 g/mol. The number of hydrogen-bond donors (Lipinski definition) is 2. The van der Waals surface area contributed by atoms with Crippen molar-refractivity contribution in [2.24, 2.45) is 0 Å². The van der Waals surface area contributed by atoms with Crippen molar-refractivity contribution < 1.29 is 14.3 Å². The molecule has 0 saturated carbocycles. The lowest BCUT2D eigenvalue weighted by atomic mass is 10.1. The Bertz CT molecular complexity index is 634. The fourth-order valence-corrected chi connectivity index (χ4v) is 2.12. The first-order chi connectivity index (χ1) is 9.61. The highest BCUT2D eigenvalue weighted by Crippen LogP contribution is 2.13. The van der Waals surface area contributed by atoms with Crippen LogP contribution in [0.5, 0.6) is 0 Å². The Morgan fingerprint density at radius 2 is 2.20 bits per heavy atom. The fraction of sp³-hybridized carbons (Fsp3) is 0.143. The Morgan fingerprint density at radius 3 is 2.90 bits per heavy atom. The van der Waals surface area contributed by atoms with E-state index in [0.717, 1.165) is 0 Å². The number of aliphatic hydroxyl groups excluding tert-OH is 1. The van der Waals surface area contributed by atoms with Crippen LogP contribution in [-0.2, 0) is 13.2 Å². The average Bonchev–Trinajstić information content (AvgIpc) is 2.46. The van der Waals surface area contributed by atoms with Crippen molar-refractivity contribution in [2.75, 3.05) is 0 Å². The maximum Gasteiger partial charge on any atom is 0.254 e. The van der Waals surface area contributed by atoms with E-state index in [2.05, 4.69) is 26.2 Å². The highest BCUT2D eigenvalue weighted by atomic mass is 79.9. The van der Waals surface area contributed by atoms with Crippen molar-refractivity contribution in [1.82, 2.24) is 10.3 Å². The maximum absolute atomic E-state index is 13.2. The number of amides is 1. The van der Waals surface area contributed by atoms with Crippen LogP contribution in [0.1, 0.15) is 21.5 Å². The number of aliphatic hydroxyl groups is 1. The van der Waals surface area contributed by atoms with Crippen molar-refractivity contribution >= 4 is 21.8 Å². The molecule has 6 heteroatoms. The topological polar surface area (TPSA) is 62.2 Å². The number of nitrogens with zero attached hydrogens (tertiary/aromatic N) is 1. The third kappa shape index (κ3) is 3.40. The Kier molecular flexibility index (Phi) is 4.81. The minimum absolute atomic E-state index is 0.208. The summed E-state index contributed by atoms with van der Waals surface area (Å²) in [7, 11) is 0. The van der Waals surface area contributed by atoms with Gasteiger partial charge in [-0.2, -0.15) is 0 Å². The molecule has 0 atom stereocenters. The Balaban J connectivity index is 2.06. The Morgan fingerprint density at radius 1 is 1.40 bits per heavy atom. The molecule has 4 nitrogen and oxygen atoms in total. The van der Waals surface area contributed by atoms with E-state index in [1.165, 1.54) is 12.1 Å². The van der Waals surface area contributed by atoms with Crippen LogP contribution in [0, 0.1) is 5.82 Å². The van der Waals surface area contributed by atoms with Gasteiger partial charge in [0.1, 0.15) is 10.4 Å². The van der Waals surface area contributed by atoms with Crippen molar-refractivity contribution in [2.45, 2.75) is 13.2 Å². The van der Waals surface area contributed by atoms with Crippen molar-refractivity contribution in [3.05, 3.63) is 63.6 Å². The van der Waals surface area contributed by atoms with E-state index in [9.17, 15) is 9.18 Å². The summed E-state index contributed by atoms with van der Waals surface area (Å²) in [6.45, 7) is -0.130. The molecule has 0 saturated heterocycles. The lowest BCUT2D eigenvalue weighted by molar-refractivity contribution is 0.0949. The highest BCUT2D eigenvalue weighted by molar-refractivity contribution is 9.10. The number of rotatable bonds is 4. The zero-order chi connectivity index (χ0) is 14.5. The molecule has 0 radical (unpaired) electrons. The van der Waals surface area contributed by atoms with E-state index < -0.39 is 5.82 Å². The zero-order valence-corrected chi connectivity index (χ0v) is 12.0. The molecule has 0 spiro atoms. The summed E-state index contributed by atoms with van der Waals surface area (Å²) in [5, 5.41) is 11.7. The van der Waals surface area contributed by atoms with Crippen LogP contribution in [-0.4, -0.2) is 16.0 Å².